The van der Waals surface area contributed by atoms with Crippen molar-refractivity contribution in [3.05, 3.63) is 22.1 Å². The Balaban J connectivity index is 1.90. The molecular formula is C14H20N4O2S. The zero-order valence-corrected chi connectivity index (χ0v) is 13.2. The van der Waals surface area contributed by atoms with E-state index in [1.807, 2.05) is 13.8 Å². The van der Waals surface area contributed by atoms with Gasteiger partial charge in [-0.15, -0.1) is 5.10 Å². The van der Waals surface area contributed by atoms with Gasteiger partial charge in [0.1, 0.15) is 0 Å². The molecule has 2 aromatic heterocycles. The molecule has 21 heavy (non-hydrogen) atoms. The van der Waals surface area contributed by atoms with Gasteiger partial charge >= 0.3 is 0 Å². The van der Waals surface area contributed by atoms with Gasteiger partial charge in [-0.2, -0.15) is 4.52 Å². The first-order valence-corrected chi connectivity index (χ1v) is 8.29. The third-order valence-corrected chi connectivity index (χ3v) is 4.67. The highest BCUT2D eigenvalue weighted by Crippen LogP contribution is 2.25. The van der Waals surface area contributed by atoms with Gasteiger partial charge in [0.05, 0.1) is 6.10 Å². The molecule has 1 saturated heterocycles. The molecule has 0 amide bonds. The second-order valence-corrected chi connectivity index (χ2v) is 6.12. The number of aromatic nitrogens is 3. The van der Waals surface area contributed by atoms with Gasteiger partial charge in [-0.25, -0.2) is 4.98 Å². The molecule has 0 N–H and O–H groups in total. The minimum absolute atomic E-state index is 0.0993. The standard InChI is InChI=1S/C14H20N4O2S/c1-3-10-8-12(19)18-13(15-10)21-14(16-18)17-7-5-6-11(9-17)20-4-2/h8,11H,3-7,9H2,1-2H3. The maximum Gasteiger partial charge on any atom is 0.275 e. The number of anilines is 1. The number of hydrogen-bond donors (Lipinski definition) is 0. The average Bonchev–Trinajstić information content (AvgIpc) is 2.92. The largest absolute Gasteiger partial charge is 0.377 e. The van der Waals surface area contributed by atoms with Crippen LogP contribution in [0.1, 0.15) is 32.4 Å². The molecule has 1 aliphatic heterocycles. The first-order chi connectivity index (χ1) is 10.2. The van der Waals surface area contributed by atoms with Crippen LogP contribution in [0.2, 0.25) is 0 Å². The fourth-order valence-corrected chi connectivity index (χ4v) is 3.60. The summed E-state index contributed by atoms with van der Waals surface area (Å²) >= 11 is 1.48. The van der Waals surface area contributed by atoms with Crippen LogP contribution in [0.25, 0.3) is 4.96 Å². The highest BCUT2D eigenvalue weighted by molar-refractivity contribution is 7.20. The van der Waals surface area contributed by atoms with E-state index in [4.69, 9.17) is 4.74 Å². The fraction of sp³-hybridized carbons (Fsp3) is 0.643. The van der Waals surface area contributed by atoms with Crippen LogP contribution in [0.5, 0.6) is 0 Å². The number of fused-ring (bicyclic) bond motifs is 1. The summed E-state index contributed by atoms with van der Waals surface area (Å²) in [6.07, 6.45) is 3.19. The van der Waals surface area contributed by atoms with Crippen molar-refractivity contribution in [2.24, 2.45) is 0 Å². The normalized spacial score (nSPS) is 19.3. The van der Waals surface area contributed by atoms with Crippen LogP contribution >= 0.6 is 11.3 Å². The Kier molecular flexibility index (Phi) is 4.21. The van der Waals surface area contributed by atoms with Crippen LogP contribution in [0.15, 0.2) is 10.9 Å². The monoisotopic (exact) mass is 308 g/mol. The SMILES string of the molecule is CCOC1CCCN(c2nn3c(=O)cc(CC)nc3s2)C1. The molecule has 6 nitrogen and oxygen atoms in total. The number of aryl methyl sites for hydroxylation is 1. The molecule has 0 saturated carbocycles. The molecule has 1 atom stereocenters. The Hall–Kier alpha value is -1.47. The third kappa shape index (κ3) is 2.94. The van der Waals surface area contributed by atoms with Crippen LogP contribution in [-0.4, -0.2) is 40.4 Å². The van der Waals surface area contributed by atoms with Crippen molar-refractivity contribution in [1.82, 2.24) is 14.6 Å². The fourth-order valence-electron chi connectivity index (χ4n) is 2.64. The molecule has 0 aromatic carbocycles. The van der Waals surface area contributed by atoms with Crippen molar-refractivity contribution < 1.29 is 4.74 Å². The molecule has 114 valence electrons. The smallest absolute Gasteiger partial charge is 0.275 e. The Bertz CT molecular complexity index is 679. The van der Waals surface area contributed by atoms with Crippen LogP contribution in [0, 0.1) is 0 Å². The Labute approximate surface area is 127 Å². The second kappa shape index (κ2) is 6.11. The van der Waals surface area contributed by atoms with Gasteiger partial charge in [0.2, 0.25) is 10.1 Å². The van der Waals surface area contributed by atoms with E-state index in [1.54, 1.807) is 6.07 Å². The van der Waals surface area contributed by atoms with E-state index in [1.165, 1.54) is 15.9 Å². The van der Waals surface area contributed by atoms with Crippen LogP contribution in [-0.2, 0) is 11.2 Å². The minimum atomic E-state index is -0.0993. The topological polar surface area (TPSA) is 59.7 Å². The lowest BCUT2D eigenvalue weighted by atomic mass is 10.1. The summed E-state index contributed by atoms with van der Waals surface area (Å²) in [5, 5.41) is 5.30. The van der Waals surface area contributed by atoms with Crippen LogP contribution in [0.4, 0.5) is 5.13 Å². The van der Waals surface area contributed by atoms with E-state index in [-0.39, 0.29) is 11.7 Å². The zero-order valence-electron chi connectivity index (χ0n) is 12.4. The van der Waals surface area contributed by atoms with E-state index < -0.39 is 0 Å². The molecule has 2 aromatic rings. The maximum atomic E-state index is 12.0. The van der Waals surface area contributed by atoms with Crippen molar-refractivity contribution in [2.75, 3.05) is 24.6 Å². The lowest BCUT2D eigenvalue weighted by Crippen LogP contribution is -2.39. The van der Waals surface area contributed by atoms with Gasteiger partial charge < -0.3 is 9.64 Å². The van der Waals surface area contributed by atoms with E-state index in [9.17, 15) is 4.79 Å². The van der Waals surface area contributed by atoms with E-state index >= 15 is 0 Å². The number of rotatable bonds is 4. The minimum Gasteiger partial charge on any atom is -0.377 e. The van der Waals surface area contributed by atoms with Gasteiger partial charge in [0, 0.05) is 31.5 Å². The summed E-state index contributed by atoms with van der Waals surface area (Å²) < 4.78 is 7.13. The van der Waals surface area contributed by atoms with Gasteiger partial charge in [-0.05, 0) is 26.2 Å². The molecule has 3 rings (SSSR count). The van der Waals surface area contributed by atoms with Crippen molar-refractivity contribution in [2.45, 2.75) is 39.2 Å². The highest BCUT2D eigenvalue weighted by atomic mass is 32.1. The van der Waals surface area contributed by atoms with Crippen LogP contribution in [0.3, 0.4) is 0 Å². The number of nitrogens with zero attached hydrogens (tertiary/aromatic N) is 4. The molecule has 0 spiro atoms. The van der Waals surface area contributed by atoms with Crippen molar-refractivity contribution >= 4 is 21.4 Å². The predicted molar refractivity (Wildman–Crippen MR) is 83.4 cm³/mol. The molecule has 0 aliphatic carbocycles. The molecule has 7 heteroatoms. The molecule has 1 aliphatic rings. The van der Waals surface area contributed by atoms with Gasteiger partial charge in [0.15, 0.2) is 0 Å². The van der Waals surface area contributed by atoms with Crippen molar-refractivity contribution in [1.29, 1.82) is 0 Å². The summed E-state index contributed by atoms with van der Waals surface area (Å²) in [7, 11) is 0. The lowest BCUT2D eigenvalue weighted by Gasteiger charge is -2.31. The second-order valence-electron chi connectivity index (χ2n) is 5.18. The maximum absolute atomic E-state index is 12.0. The van der Waals surface area contributed by atoms with Crippen molar-refractivity contribution in [3.63, 3.8) is 0 Å². The third-order valence-electron chi connectivity index (χ3n) is 3.70. The molecule has 0 radical (unpaired) electrons. The summed E-state index contributed by atoms with van der Waals surface area (Å²) in [5.41, 5.74) is 0.721. The van der Waals surface area contributed by atoms with E-state index in [2.05, 4.69) is 15.0 Å². The Morgan fingerprint density at radius 3 is 3.10 bits per heavy atom. The zero-order chi connectivity index (χ0) is 14.8. The lowest BCUT2D eigenvalue weighted by molar-refractivity contribution is 0.0526. The van der Waals surface area contributed by atoms with Crippen molar-refractivity contribution in [3.8, 4) is 0 Å². The first-order valence-electron chi connectivity index (χ1n) is 7.47. The molecule has 0 bridgehead atoms. The van der Waals surface area contributed by atoms with Gasteiger partial charge in [-0.3, -0.25) is 4.79 Å². The average molecular weight is 308 g/mol. The summed E-state index contributed by atoms with van der Waals surface area (Å²) in [6.45, 7) is 6.55. The molecular weight excluding hydrogens is 288 g/mol. The van der Waals surface area contributed by atoms with Crippen LogP contribution < -0.4 is 10.5 Å². The number of ether oxygens (including phenoxy) is 1. The quantitative estimate of drug-likeness (QED) is 0.860. The number of piperidine rings is 1. The first kappa shape index (κ1) is 14.5. The summed E-state index contributed by atoms with van der Waals surface area (Å²) in [6, 6.07) is 1.57. The van der Waals surface area contributed by atoms with Gasteiger partial charge in [0.25, 0.3) is 5.56 Å². The number of hydrogen-bond acceptors (Lipinski definition) is 6. The molecule has 3 heterocycles. The Morgan fingerprint density at radius 2 is 2.33 bits per heavy atom. The highest BCUT2D eigenvalue weighted by Gasteiger charge is 2.23. The summed E-state index contributed by atoms with van der Waals surface area (Å²) in [5.74, 6) is 0. The van der Waals surface area contributed by atoms with E-state index in [0.29, 0.717) is 4.96 Å². The predicted octanol–water partition coefficient (Wildman–Crippen LogP) is 1.72. The molecule has 1 fully saturated rings. The summed E-state index contributed by atoms with van der Waals surface area (Å²) in [4.78, 5) is 19.4. The van der Waals surface area contributed by atoms with Gasteiger partial charge in [-0.1, -0.05) is 18.3 Å². The van der Waals surface area contributed by atoms with E-state index in [0.717, 1.165) is 49.8 Å². The Morgan fingerprint density at radius 1 is 1.48 bits per heavy atom. The molecule has 1 unspecified atom stereocenters.